The number of amides is 2. The Labute approximate surface area is 135 Å². The minimum absolute atomic E-state index is 0.0631. The summed E-state index contributed by atoms with van der Waals surface area (Å²) in [7, 11) is 0. The molecule has 0 aliphatic carbocycles. The lowest BCUT2D eigenvalue weighted by Crippen LogP contribution is -2.32. The SMILES string of the molecule is O=C1CCC(C(=O)OCC(=O)Nc2cccc(Cl)c2Cl)=NN1. The number of esters is 1. The molecule has 0 spiro atoms. The molecule has 0 saturated carbocycles. The Balaban J connectivity index is 1.86. The number of hydrogen-bond acceptors (Lipinski definition) is 5. The molecule has 1 heterocycles. The Morgan fingerprint density at radius 3 is 2.77 bits per heavy atom. The summed E-state index contributed by atoms with van der Waals surface area (Å²) in [6.45, 7) is -0.505. The first-order chi connectivity index (χ1) is 10.5. The maximum absolute atomic E-state index is 11.7. The van der Waals surface area contributed by atoms with Crippen LogP contribution in [0.1, 0.15) is 12.8 Å². The third-order valence-corrected chi connectivity index (χ3v) is 3.52. The molecule has 9 heteroatoms. The van der Waals surface area contributed by atoms with Crippen LogP contribution in [-0.4, -0.2) is 30.1 Å². The molecule has 1 aliphatic rings. The van der Waals surface area contributed by atoms with E-state index in [1.54, 1.807) is 18.2 Å². The first-order valence-corrected chi connectivity index (χ1v) is 6.99. The Kier molecular flexibility index (Phi) is 5.35. The minimum atomic E-state index is -0.757. The molecule has 0 atom stereocenters. The van der Waals surface area contributed by atoms with Crippen molar-refractivity contribution in [1.29, 1.82) is 0 Å². The molecule has 0 unspecified atom stereocenters. The zero-order valence-electron chi connectivity index (χ0n) is 11.2. The largest absolute Gasteiger partial charge is 0.451 e. The second-order valence-corrected chi connectivity index (χ2v) is 5.10. The van der Waals surface area contributed by atoms with E-state index in [0.717, 1.165) is 0 Å². The van der Waals surface area contributed by atoms with Gasteiger partial charge in [-0.25, -0.2) is 10.2 Å². The van der Waals surface area contributed by atoms with Crippen LogP contribution in [0.4, 0.5) is 5.69 Å². The van der Waals surface area contributed by atoms with Crippen molar-refractivity contribution >= 4 is 52.4 Å². The highest BCUT2D eigenvalue weighted by Gasteiger charge is 2.20. The number of hydrogen-bond donors (Lipinski definition) is 2. The summed E-state index contributed by atoms with van der Waals surface area (Å²) in [6, 6.07) is 4.76. The molecule has 0 aromatic heterocycles. The van der Waals surface area contributed by atoms with Crippen LogP contribution in [0.5, 0.6) is 0 Å². The second-order valence-electron chi connectivity index (χ2n) is 4.32. The number of hydrazone groups is 1. The quantitative estimate of drug-likeness (QED) is 0.813. The standard InChI is InChI=1S/C13H11Cl2N3O4/c14-7-2-1-3-8(12(7)15)16-11(20)6-22-13(21)9-4-5-10(19)18-17-9/h1-3H,4-6H2,(H,16,20)(H,18,19). The average molecular weight is 344 g/mol. The third-order valence-electron chi connectivity index (χ3n) is 2.70. The minimum Gasteiger partial charge on any atom is -0.451 e. The van der Waals surface area contributed by atoms with Crippen molar-refractivity contribution in [1.82, 2.24) is 5.43 Å². The second kappa shape index (κ2) is 7.24. The van der Waals surface area contributed by atoms with Crippen molar-refractivity contribution in [2.24, 2.45) is 5.10 Å². The predicted octanol–water partition coefficient (Wildman–Crippen LogP) is 1.74. The van der Waals surface area contributed by atoms with Crippen molar-refractivity contribution in [2.45, 2.75) is 12.8 Å². The smallest absolute Gasteiger partial charge is 0.355 e. The van der Waals surface area contributed by atoms with Gasteiger partial charge in [-0.1, -0.05) is 29.3 Å². The summed E-state index contributed by atoms with van der Waals surface area (Å²) < 4.78 is 4.81. The van der Waals surface area contributed by atoms with Gasteiger partial charge in [0.05, 0.1) is 15.7 Å². The van der Waals surface area contributed by atoms with Crippen LogP contribution < -0.4 is 10.7 Å². The number of carbonyl (C=O) groups excluding carboxylic acids is 3. The van der Waals surface area contributed by atoms with Crippen molar-refractivity contribution in [3.63, 3.8) is 0 Å². The number of rotatable bonds is 4. The molecule has 2 amide bonds. The Hall–Kier alpha value is -2.12. The average Bonchev–Trinajstić information content (AvgIpc) is 2.50. The van der Waals surface area contributed by atoms with Crippen LogP contribution in [0.2, 0.25) is 10.0 Å². The van der Waals surface area contributed by atoms with E-state index in [0.29, 0.717) is 10.7 Å². The lowest BCUT2D eigenvalue weighted by Gasteiger charge is -2.12. The summed E-state index contributed by atoms with van der Waals surface area (Å²) in [4.78, 5) is 34.3. The number of ether oxygens (including phenoxy) is 1. The first-order valence-electron chi connectivity index (χ1n) is 6.24. The van der Waals surface area contributed by atoms with Crippen LogP contribution in [0.3, 0.4) is 0 Å². The first kappa shape index (κ1) is 16.3. The van der Waals surface area contributed by atoms with Crippen molar-refractivity contribution in [2.75, 3.05) is 11.9 Å². The van der Waals surface area contributed by atoms with Gasteiger partial charge >= 0.3 is 5.97 Å². The molecule has 116 valence electrons. The normalized spacial score (nSPS) is 13.9. The molecule has 2 N–H and O–H groups in total. The highest BCUT2D eigenvalue weighted by Crippen LogP contribution is 2.29. The molecule has 0 fully saturated rings. The van der Waals surface area contributed by atoms with Gasteiger partial charge in [-0.3, -0.25) is 9.59 Å². The van der Waals surface area contributed by atoms with E-state index >= 15 is 0 Å². The number of carbonyl (C=O) groups is 3. The lowest BCUT2D eigenvalue weighted by atomic mass is 10.2. The molecule has 1 aromatic carbocycles. The molecule has 7 nitrogen and oxygen atoms in total. The zero-order chi connectivity index (χ0) is 16.1. The fraction of sp³-hybridized carbons (Fsp3) is 0.231. The van der Waals surface area contributed by atoms with Crippen molar-refractivity contribution < 1.29 is 19.1 Å². The van der Waals surface area contributed by atoms with Gasteiger partial charge in [-0.05, 0) is 12.1 Å². The van der Waals surface area contributed by atoms with E-state index in [2.05, 4.69) is 15.8 Å². The lowest BCUT2D eigenvalue weighted by molar-refractivity contribution is -0.140. The highest BCUT2D eigenvalue weighted by atomic mass is 35.5. The molecular weight excluding hydrogens is 333 g/mol. The van der Waals surface area contributed by atoms with Crippen LogP contribution in [0.25, 0.3) is 0 Å². The number of halogens is 2. The van der Waals surface area contributed by atoms with E-state index in [4.69, 9.17) is 27.9 Å². The van der Waals surface area contributed by atoms with E-state index in [-0.39, 0.29) is 29.5 Å². The van der Waals surface area contributed by atoms with Gasteiger partial charge in [0.1, 0.15) is 5.71 Å². The van der Waals surface area contributed by atoms with Crippen molar-refractivity contribution in [3.8, 4) is 0 Å². The van der Waals surface area contributed by atoms with Gasteiger partial charge in [0.2, 0.25) is 5.91 Å². The third kappa shape index (κ3) is 4.19. The highest BCUT2D eigenvalue weighted by molar-refractivity contribution is 6.44. The van der Waals surface area contributed by atoms with Gasteiger partial charge in [0.15, 0.2) is 6.61 Å². The number of nitrogens with one attached hydrogen (secondary N) is 2. The van der Waals surface area contributed by atoms with Crippen LogP contribution in [0.15, 0.2) is 23.3 Å². The van der Waals surface area contributed by atoms with Gasteiger partial charge in [0.25, 0.3) is 5.91 Å². The Bertz CT molecular complexity index is 661. The fourth-order valence-corrected chi connectivity index (χ4v) is 1.97. The van der Waals surface area contributed by atoms with Crippen LogP contribution in [-0.2, 0) is 19.1 Å². The van der Waals surface area contributed by atoms with E-state index < -0.39 is 18.5 Å². The fourth-order valence-electron chi connectivity index (χ4n) is 1.62. The van der Waals surface area contributed by atoms with Crippen LogP contribution in [0, 0.1) is 0 Å². The molecular formula is C13H11Cl2N3O4. The molecule has 1 aliphatic heterocycles. The van der Waals surface area contributed by atoms with Crippen molar-refractivity contribution in [3.05, 3.63) is 28.2 Å². The van der Waals surface area contributed by atoms with E-state index in [9.17, 15) is 14.4 Å². The number of benzene rings is 1. The van der Waals surface area contributed by atoms with Gasteiger partial charge < -0.3 is 10.1 Å². The summed E-state index contributed by atoms with van der Waals surface area (Å²) >= 11 is 11.7. The summed E-state index contributed by atoms with van der Waals surface area (Å²) in [6.07, 6.45) is 0.324. The molecule has 1 aromatic rings. The summed E-state index contributed by atoms with van der Waals surface area (Å²) in [5, 5.41) is 6.54. The van der Waals surface area contributed by atoms with Gasteiger partial charge in [-0.2, -0.15) is 5.10 Å². The monoisotopic (exact) mass is 343 g/mol. The molecule has 22 heavy (non-hydrogen) atoms. The Morgan fingerprint density at radius 2 is 2.09 bits per heavy atom. The summed E-state index contributed by atoms with van der Waals surface area (Å²) in [5.41, 5.74) is 2.55. The maximum atomic E-state index is 11.7. The molecule has 2 rings (SSSR count). The van der Waals surface area contributed by atoms with E-state index in [1.165, 1.54) is 0 Å². The molecule has 0 bridgehead atoms. The molecule has 0 radical (unpaired) electrons. The predicted molar refractivity (Wildman–Crippen MR) is 80.9 cm³/mol. The zero-order valence-corrected chi connectivity index (χ0v) is 12.7. The van der Waals surface area contributed by atoms with Crippen LogP contribution >= 0.6 is 23.2 Å². The number of nitrogens with zero attached hydrogens (tertiary/aromatic N) is 1. The van der Waals surface area contributed by atoms with Gasteiger partial charge in [0, 0.05) is 12.8 Å². The van der Waals surface area contributed by atoms with E-state index in [1.807, 2.05) is 0 Å². The topological polar surface area (TPSA) is 96.9 Å². The number of anilines is 1. The summed E-state index contributed by atoms with van der Waals surface area (Å²) in [5.74, 6) is -1.60. The molecule has 0 saturated heterocycles. The van der Waals surface area contributed by atoms with Gasteiger partial charge in [-0.15, -0.1) is 0 Å². The Morgan fingerprint density at radius 1 is 1.32 bits per heavy atom. The maximum Gasteiger partial charge on any atom is 0.355 e.